The van der Waals surface area contributed by atoms with Gasteiger partial charge in [-0.1, -0.05) is 138 Å². The summed E-state index contributed by atoms with van der Waals surface area (Å²) in [4.78, 5) is 7.37. The summed E-state index contributed by atoms with van der Waals surface area (Å²) in [7, 11) is 0. The average molecular weight is 506 g/mol. The highest BCUT2D eigenvalue weighted by Crippen LogP contribution is 2.43. The number of thiazole rings is 1. The number of nitrogens with zero attached hydrogens (tertiary/aromatic N) is 1. The maximum atomic E-state index is 5.63. The fourth-order valence-corrected chi connectivity index (χ4v) is 7.09. The highest BCUT2D eigenvalue weighted by atomic mass is 32.1. The Labute approximate surface area is 225 Å². The average Bonchev–Trinajstić information content (AvgIpc) is 3.30. The van der Waals surface area contributed by atoms with Gasteiger partial charge in [0.2, 0.25) is 0 Å². The van der Waals surface area contributed by atoms with Gasteiger partial charge in [0.05, 0.1) is 10.7 Å². The Balaban J connectivity index is 3.36. The lowest BCUT2D eigenvalue weighted by atomic mass is 9.86. The molecule has 0 aliphatic rings. The van der Waals surface area contributed by atoms with Crippen LogP contribution in [0.3, 0.4) is 0 Å². The zero-order valence-electron chi connectivity index (χ0n) is 24.9. The van der Waals surface area contributed by atoms with E-state index in [1.165, 1.54) is 140 Å². The fourth-order valence-electron chi connectivity index (χ4n) is 5.60. The third-order valence-corrected chi connectivity index (χ3v) is 9.39. The fraction of sp³-hybridized carbons (Fsp3) is 0.909. The lowest BCUT2D eigenvalue weighted by molar-refractivity contribution is 0.479. The van der Waals surface area contributed by atoms with Crippen molar-refractivity contribution < 1.29 is 0 Å². The van der Waals surface area contributed by atoms with Gasteiger partial charge < -0.3 is 0 Å². The first-order chi connectivity index (χ1) is 17.2. The van der Waals surface area contributed by atoms with Gasteiger partial charge in [-0.25, -0.2) is 4.98 Å². The molecule has 0 saturated carbocycles. The second-order valence-electron chi connectivity index (χ2n) is 11.3. The molecule has 0 aliphatic carbocycles. The molecule has 206 valence electrons. The predicted octanol–water partition coefficient (Wildman–Crippen LogP) is 12.7. The van der Waals surface area contributed by atoms with Crippen molar-refractivity contribution in [2.75, 3.05) is 0 Å². The molecule has 0 fully saturated rings. The number of hydrogen-bond acceptors (Lipinski definition) is 2. The highest BCUT2D eigenvalue weighted by molar-refractivity contribution is 7.12. The number of unbranched alkanes of at least 4 members (excludes halogenated alkanes) is 9. The summed E-state index contributed by atoms with van der Waals surface area (Å²) in [6, 6.07) is 0. The summed E-state index contributed by atoms with van der Waals surface area (Å²) < 4.78 is 0. The van der Waals surface area contributed by atoms with E-state index in [1.807, 2.05) is 0 Å². The zero-order chi connectivity index (χ0) is 25.7. The Morgan fingerprint density at radius 1 is 0.457 bits per heavy atom. The van der Waals surface area contributed by atoms with E-state index in [2.05, 4.69) is 52.9 Å². The summed E-state index contributed by atoms with van der Waals surface area (Å²) in [5.74, 6) is 2.14. The lowest BCUT2D eigenvalue weighted by Crippen LogP contribution is -2.07. The minimum Gasteiger partial charge on any atom is -0.245 e. The maximum absolute atomic E-state index is 5.63. The Morgan fingerprint density at radius 2 is 0.857 bits per heavy atom. The van der Waals surface area contributed by atoms with Gasteiger partial charge >= 0.3 is 0 Å². The van der Waals surface area contributed by atoms with Gasteiger partial charge in [0.15, 0.2) is 0 Å². The minimum absolute atomic E-state index is 0.692. The minimum atomic E-state index is 0.692. The van der Waals surface area contributed by atoms with Crippen molar-refractivity contribution >= 4 is 11.3 Å². The number of rotatable bonds is 24. The molecule has 1 rings (SSSR count). The van der Waals surface area contributed by atoms with Crippen LogP contribution in [0.4, 0.5) is 0 Å². The summed E-state index contributed by atoms with van der Waals surface area (Å²) in [5, 5.41) is 1.52. The van der Waals surface area contributed by atoms with Gasteiger partial charge in [0.25, 0.3) is 0 Å². The van der Waals surface area contributed by atoms with Crippen LogP contribution in [0.15, 0.2) is 0 Å². The molecule has 1 heterocycles. The molecule has 0 amide bonds. The molecule has 0 bridgehead atoms. The maximum Gasteiger partial charge on any atom is 0.0962 e. The van der Waals surface area contributed by atoms with E-state index in [1.54, 1.807) is 10.6 Å². The van der Waals surface area contributed by atoms with Crippen LogP contribution >= 0.6 is 11.3 Å². The van der Waals surface area contributed by atoms with Crippen molar-refractivity contribution in [1.82, 2.24) is 4.98 Å². The van der Waals surface area contributed by atoms with Crippen LogP contribution in [-0.4, -0.2) is 4.98 Å². The number of hydrogen-bond donors (Lipinski definition) is 0. The summed E-state index contributed by atoms with van der Waals surface area (Å²) >= 11 is 2.18. The van der Waals surface area contributed by atoms with E-state index in [9.17, 15) is 0 Å². The molecule has 0 spiro atoms. The van der Waals surface area contributed by atoms with Gasteiger partial charge in [0.1, 0.15) is 0 Å². The molecule has 1 nitrogen and oxygen atoms in total. The summed E-state index contributed by atoms with van der Waals surface area (Å²) in [5.41, 5.74) is 1.57. The normalized spacial score (nSPS) is 12.8. The van der Waals surface area contributed by atoms with E-state index in [0.717, 1.165) is 5.92 Å². The van der Waals surface area contributed by atoms with Gasteiger partial charge in [-0.15, -0.1) is 11.3 Å². The quantitative estimate of drug-likeness (QED) is 0.127. The molecule has 0 aromatic carbocycles. The molecular formula is C33H63NS. The van der Waals surface area contributed by atoms with Crippen molar-refractivity contribution in [3.05, 3.63) is 15.6 Å². The SMILES string of the molecule is CCCCCC[C@@H](CCCCC)c1sc(C(CCCC)CCCC)nc1C(CCCC)CCCC. The summed E-state index contributed by atoms with van der Waals surface area (Å²) in [6.07, 6.45) is 28.4. The van der Waals surface area contributed by atoms with Gasteiger partial charge in [0, 0.05) is 16.7 Å². The second kappa shape index (κ2) is 21.7. The van der Waals surface area contributed by atoms with Crippen molar-refractivity contribution in [3.63, 3.8) is 0 Å². The van der Waals surface area contributed by atoms with Gasteiger partial charge in [-0.3, -0.25) is 0 Å². The van der Waals surface area contributed by atoms with E-state index in [0.29, 0.717) is 11.8 Å². The topological polar surface area (TPSA) is 12.9 Å². The van der Waals surface area contributed by atoms with E-state index in [4.69, 9.17) is 4.98 Å². The van der Waals surface area contributed by atoms with Crippen LogP contribution in [0.5, 0.6) is 0 Å². The first-order valence-corrected chi connectivity index (χ1v) is 17.0. The summed E-state index contributed by atoms with van der Waals surface area (Å²) in [6.45, 7) is 14.1. The van der Waals surface area contributed by atoms with Crippen LogP contribution in [0.25, 0.3) is 0 Å². The molecule has 0 saturated heterocycles. The standard InChI is InChI=1S/C33H63NS/c1-7-13-19-21-27-29(26-20-14-8-2)32-31(28(22-15-9-3)23-16-10-4)34-33(35-32)30(24-17-11-5)25-18-12-6/h28-30H,7-27H2,1-6H3/t29-/m1/s1. The molecule has 1 aromatic heterocycles. The highest BCUT2D eigenvalue weighted by Gasteiger charge is 2.27. The van der Waals surface area contributed by atoms with Crippen molar-refractivity contribution in [1.29, 1.82) is 0 Å². The third kappa shape index (κ3) is 13.1. The zero-order valence-corrected chi connectivity index (χ0v) is 25.8. The Kier molecular flexibility index (Phi) is 20.2. The predicted molar refractivity (Wildman–Crippen MR) is 161 cm³/mol. The van der Waals surface area contributed by atoms with Crippen LogP contribution in [0, 0.1) is 0 Å². The first kappa shape index (κ1) is 32.7. The molecule has 1 atom stereocenters. The number of aromatic nitrogens is 1. The molecular weight excluding hydrogens is 442 g/mol. The molecule has 2 heteroatoms. The van der Waals surface area contributed by atoms with E-state index >= 15 is 0 Å². The third-order valence-electron chi connectivity index (χ3n) is 7.99. The van der Waals surface area contributed by atoms with E-state index < -0.39 is 0 Å². The largest absolute Gasteiger partial charge is 0.245 e. The van der Waals surface area contributed by atoms with Crippen molar-refractivity contribution in [3.8, 4) is 0 Å². The second-order valence-corrected chi connectivity index (χ2v) is 12.4. The molecule has 0 radical (unpaired) electrons. The van der Waals surface area contributed by atoms with Crippen molar-refractivity contribution in [2.45, 2.75) is 194 Å². The molecule has 0 unspecified atom stereocenters. The molecule has 35 heavy (non-hydrogen) atoms. The Bertz CT molecular complexity index is 576. The first-order valence-electron chi connectivity index (χ1n) is 16.2. The lowest BCUT2D eigenvalue weighted by Gasteiger charge is -2.21. The van der Waals surface area contributed by atoms with Crippen molar-refractivity contribution in [2.24, 2.45) is 0 Å². The molecule has 1 aromatic rings. The van der Waals surface area contributed by atoms with Gasteiger partial charge in [-0.05, 0) is 44.4 Å². The van der Waals surface area contributed by atoms with Gasteiger partial charge in [-0.2, -0.15) is 0 Å². The molecule has 0 N–H and O–H groups in total. The molecule has 0 aliphatic heterocycles. The smallest absolute Gasteiger partial charge is 0.0962 e. The van der Waals surface area contributed by atoms with Crippen LogP contribution < -0.4 is 0 Å². The van der Waals surface area contributed by atoms with Crippen LogP contribution in [0.2, 0.25) is 0 Å². The Hall–Kier alpha value is -0.370. The van der Waals surface area contributed by atoms with E-state index in [-0.39, 0.29) is 0 Å². The monoisotopic (exact) mass is 505 g/mol. The Morgan fingerprint density at radius 3 is 1.34 bits per heavy atom. The van der Waals surface area contributed by atoms with Crippen LogP contribution in [-0.2, 0) is 0 Å². The van der Waals surface area contributed by atoms with Crippen LogP contribution in [0.1, 0.15) is 210 Å².